The van der Waals surface area contributed by atoms with E-state index in [0.717, 1.165) is 25.9 Å². The van der Waals surface area contributed by atoms with Gasteiger partial charge in [0, 0.05) is 43.2 Å². The minimum atomic E-state index is 0.454. The average molecular weight is 192 g/mol. The van der Waals surface area contributed by atoms with Crippen LogP contribution >= 0.6 is 0 Å². The van der Waals surface area contributed by atoms with Crippen LogP contribution in [0.15, 0.2) is 0 Å². The molecule has 3 N–H and O–H groups in total. The Balaban J connectivity index is 2.10. The van der Waals surface area contributed by atoms with Gasteiger partial charge in [-0.3, -0.25) is 5.10 Å². The summed E-state index contributed by atoms with van der Waals surface area (Å²) in [6, 6.07) is 0.961. The molecular formula is C10H16N4. The molecule has 4 nitrogen and oxygen atoms in total. The maximum Gasteiger partial charge on any atom is 0.0686 e. The van der Waals surface area contributed by atoms with E-state index in [1.165, 1.54) is 17.0 Å². The number of aromatic nitrogens is 2. The van der Waals surface area contributed by atoms with Crippen molar-refractivity contribution in [2.75, 3.05) is 13.1 Å². The van der Waals surface area contributed by atoms with Gasteiger partial charge in [-0.05, 0) is 6.92 Å². The number of hydrogen-bond donors (Lipinski definition) is 3. The van der Waals surface area contributed by atoms with Gasteiger partial charge in [0.05, 0.1) is 11.7 Å². The maximum atomic E-state index is 4.40. The molecular weight excluding hydrogens is 176 g/mol. The lowest BCUT2D eigenvalue weighted by Gasteiger charge is -2.28. The van der Waals surface area contributed by atoms with Crippen LogP contribution in [0.25, 0.3) is 0 Å². The number of H-pyrrole nitrogens is 1. The third kappa shape index (κ3) is 1.11. The van der Waals surface area contributed by atoms with Gasteiger partial charge in [0.15, 0.2) is 0 Å². The Morgan fingerprint density at radius 1 is 1.21 bits per heavy atom. The predicted molar refractivity (Wildman–Crippen MR) is 54.2 cm³/mol. The van der Waals surface area contributed by atoms with E-state index in [4.69, 9.17) is 0 Å². The van der Waals surface area contributed by atoms with Crippen molar-refractivity contribution >= 4 is 0 Å². The van der Waals surface area contributed by atoms with Crippen LogP contribution < -0.4 is 10.6 Å². The Hall–Kier alpha value is -0.870. The van der Waals surface area contributed by atoms with E-state index in [1.54, 1.807) is 0 Å². The van der Waals surface area contributed by atoms with Crippen LogP contribution in [0.5, 0.6) is 0 Å². The van der Waals surface area contributed by atoms with Crippen molar-refractivity contribution in [3.8, 4) is 0 Å². The van der Waals surface area contributed by atoms with E-state index in [1.807, 2.05) is 0 Å². The van der Waals surface area contributed by atoms with Crippen LogP contribution in [0, 0.1) is 0 Å². The second-order valence-corrected chi connectivity index (χ2v) is 4.24. The first-order valence-electron chi connectivity index (χ1n) is 5.39. The smallest absolute Gasteiger partial charge is 0.0686 e. The van der Waals surface area contributed by atoms with Crippen molar-refractivity contribution in [2.24, 2.45) is 0 Å². The van der Waals surface area contributed by atoms with E-state index >= 15 is 0 Å². The molecule has 2 aliphatic heterocycles. The highest BCUT2D eigenvalue weighted by Gasteiger charge is 2.31. The van der Waals surface area contributed by atoms with Gasteiger partial charge >= 0.3 is 0 Å². The fourth-order valence-corrected chi connectivity index (χ4v) is 2.60. The lowest BCUT2D eigenvalue weighted by atomic mass is 9.94. The van der Waals surface area contributed by atoms with Gasteiger partial charge < -0.3 is 10.6 Å². The third-order valence-corrected chi connectivity index (χ3v) is 3.34. The number of aromatic amines is 1. The predicted octanol–water partition coefficient (Wildman–Crippen LogP) is 0.131. The summed E-state index contributed by atoms with van der Waals surface area (Å²) in [7, 11) is 0. The summed E-state index contributed by atoms with van der Waals surface area (Å²) in [6.45, 7) is 4.34. The summed E-state index contributed by atoms with van der Waals surface area (Å²) >= 11 is 0. The highest BCUT2D eigenvalue weighted by atomic mass is 15.2. The largest absolute Gasteiger partial charge is 0.312 e. The summed E-state index contributed by atoms with van der Waals surface area (Å²) in [5.74, 6) is 0. The van der Waals surface area contributed by atoms with Gasteiger partial charge in [0.25, 0.3) is 0 Å². The minimum absolute atomic E-state index is 0.454. The van der Waals surface area contributed by atoms with Gasteiger partial charge in [-0.1, -0.05) is 0 Å². The highest BCUT2D eigenvalue weighted by Crippen LogP contribution is 2.28. The van der Waals surface area contributed by atoms with Crippen molar-refractivity contribution in [2.45, 2.75) is 31.8 Å². The van der Waals surface area contributed by atoms with E-state index in [2.05, 4.69) is 27.8 Å². The summed E-state index contributed by atoms with van der Waals surface area (Å²) in [5, 5.41) is 14.7. The molecule has 1 aromatic heterocycles. The fraction of sp³-hybridized carbons (Fsp3) is 0.700. The summed E-state index contributed by atoms with van der Waals surface area (Å²) in [6.07, 6.45) is 2.14. The van der Waals surface area contributed by atoms with Gasteiger partial charge in [0.1, 0.15) is 0 Å². The lowest BCUT2D eigenvalue weighted by molar-refractivity contribution is 0.395. The zero-order valence-corrected chi connectivity index (χ0v) is 8.43. The molecule has 4 heteroatoms. The molecule has 0 saturated carbocycles. The van der Waals surface area contributed by atoms with Crippen molar-refractivity contribution < 1.29 is 0 Å². The molecule has 0 aliphatic carbocycles. The quantitative estimate of drug-likeness (QED) is 0.547. The molecule has 0 amide bonds. The normalized spacial score (nSPS) is 30.9. The molecule has 14 heavy (non-hydrogen) atoms. The second-order valence-electron chi connectivity index (χ2n) is 4.24. The number of hydrogen-bond acceptors (Lipinski definition) is 3. The number of nitrogens with zero attached hydrogens (tertiary/aromatic N) is 1. The third-order valence-electron chi connectivity index (χ3n) is 3.34. The Kier molecular flexibility index (Phi) is 1.85. The molecule has 2 aliphatic rings. The summed E-state index contributed by atoms with van der Waals surface area (Å²) in [4.78, 5) is 0. The summed E-state index contributed by atoms with van der Waals surface area (Å²) < 4.78 is 0. The fourth-order valence-electron chi connectivity index (χ4n) is 2.60. The molecule has 0 saturated heterocycles. The number of nitrogens with one attached hydrogen (secondary N) is 3. The Morgan fingerprint density at radius 3 is 3.00 bits per heavy atom. The van der Waals surface area contributed by atoms with Crippen LogP contribution in [0.2, 0.25) is 0 Å². The van der Waals surface area contributed by atoms with Gasteiger partial charge in [-0.2, -0.15) is 5.10 Å². The molecule has 2 atom stereocenters. The van der Waals surface area contributed by atoms with Crippen LogP contribution in [0.1, 0.15) is 29.9 Å². The Morgan fingerprint density at radius 2 is 2.07 bits per heavy atom. The molecule has 0 fully saturated rings. The van der Waals surface area contributed by atoms with Crippen LogP contribution in [-0.4, -0.2) is 29.3 Å². The molecule has 0 spiro atoms. The van der Waals surface area contributed by atoms with Crippen LogP contribution in [-0.2, 0) is 12.8 Å². The molecule has 76 valence electrons. The molecule has 3 rings (SSSR count). The van der Waals surface area contributed by atoms with Gasteiger partial charge in [-0.15, -0.1) is 0 Å². The van der Waals surface area contributed by atoms with Crippen molar-refractivity contribution in [1.82, 2.24) is 20.8 Å². The monoisotopic (exact) mass is 192 g/mol. The molecule has 3 heterocycles. The molecule has 0 aromatic carbocycles. The van der Waals surface area contributed by atoms with E-state index in [-0.39, 0.29) is 0 Å². The first-order chi connectivity index (χ1) is 6.86. The summed E-state index contributed by atoms with van der Waals surface area (Å²) in [5.41, 5.74) is 4.04. The topological polar surface area (TPSA) is 52.7 Å². The molecule has 0 radical (unpaired) electrons. The zero-order chi connectivity index (χ0) is 9.54. The highest BCUT2D eigenvalue weighted by molar-refractivity contribution is 5.33. The minimum Gasteiger partial charge on any atom is -0.312 e. The zero-order valence-electron chi connectivity index (χ0n) is 8.43. The van der Waals surface area contributed by atoms with Crippen molar-refractivity contribution in [3.05, 3.63) is 17.0 Å². The number of rotatable bonds is 0. The van der Waals surface area contributed by atoms with Crippen LogP contribution in [0.3, 0.4) is 0 Å². The van der Waals surface area contributed by atoms with E-state index in [0.29, 0.717) is 12.1 Å². The van der Waals surface area contributed by atoms with E-state index < -0.39 is 0 Å². The standard InChI is InChI=1S/C10H16N4/c1-6-10-9-7(2-4-11-6)13-14-8(9)3-5-12-10/h6,10-12H,2-5H2,1H3,(H,13,14). The average Bonchev–Trinajstić information content (AvgIpc) is 2.53. The van der Waals surface area contributed by atoms with Gasteiger partial charge in [0.2, 0.25) is 0 Å². The maximum absolute atomic E-state index is 4.40. The van der Waals surface area contributed by atoms with Crippen LogP contribution in [0.4, 0.5) is 0 Å². The van der Waals surface area contributed by atoms with Gasteiger partial charge in [-0.25, -0.2) is 0 Å². The van der Waals surface area contributed by atoms with Crippen molar-refractivity contribution in [1.29, 1.82) is 0 Å². The first kappa shape index (κ1) is 8.44. The SMILES string of the molecule is CC1NCCc2[nH]nc3c2C1NCC3. The van der Waals surface area contributed by atoms with E-state index in [9.17, 15) is 0 Å². The lowest BCUT2D eigenvalue weighted by Crippen LogP contribution is -2.42. The molecule has 2 unspecified atom stereocenters. The molecule has 1 aromatic rings. The van der Waals surface area contributed by atoms with Crippen molar-refractivity contribution in [3.63, 3.8) is 0 Å². The first-order valence-corrected chi connectivity index (χ1v) is 5.39. The molecule has 0 bridgehead atoms. The second kappa shape index (κ2) is 3.07. The Bertz CT molecular complexity index is 344. The Labute approximate surface area is 83.5 Å².